The molecule has 2 aromatic carbocycles. The Morgan fingerprint density at radius 2 is 1.66 bits per heavy atom. The van der Waals surface area contributed by atoms with Crippen molar-refractivity contribution in [3.63, 3.8) is 0 Å². The van der Waals surface area contributed by atoms with E-state index in [4.69, 9.17) is 13.9 Å². The predicted octanol–water partition coefficient (Wildman–Crippen LogP) is 6.55. The van der Waals surface area contributed by atoms with Gasteiger partial charge in [-0.15, -0.1) is 11.8 Å². The van der Waals surface area contributed by atoms with Crippen LogP contribution < -0.4 is 4.74 Å². The molecular formula is C26H28O5S. The van der Waals surface area contributed by atoms with E-state index in [1.54, 1.807) is 56.1 Å². The summed E-state index contributed by atoms with van der Waals surface area (Å²) in [4.78, 5) is 26.2. The maximum atomic E-state index is 12.7. The highest BCUT2D eigenvalue weighted by Gasteiger charge is 2.34. The first kappa shape index (κ1) is 23.7. The Morgan fingerprint density at radius 1 is 0.969 bits per heavy atom. The summed E-state index contributed by atoms with van der Waals surface area (Å²) in [5.41, 5.74) is 0.239. The fraction of sp³-hybridized carbons (Fsp3) is 0.308. The second kappa shape index (κ2) is 9.25. The van der Waals surface area contributed by atoms with E-state index in [2.05, 4.69) is 0 Å². The third-order valence-electron chi connectivity index (χ3n) is 4.63. The molecule has 168 valence electrons. The molecular weight excluding hydrogens is 424 g/mol. The van der Waals surface area contributed by atoms with Crippen molar-refractivity contribution in [1.82, 2.24) is 0 Å². The summed E-state index contributed by atoms with van der Waals surface area (Å²) in [6.45, 7) is 8.79. The molecule has 0 N–H and O–H groups in total. The van der Waals surface area contributed by atoms with Gasteiger partial charge in [-0.2, -0.15) is 0 Å². The summed E-state index contributed by atoms with van der Waals surface area (Å²) in [5, 5.41) is 0.936. The average Bonchev–Trinajstić information content (AvgIpc) is 3.21. The molecule has 0 unspecified atom stereocenters. The van der Waals surface area contributed by atoms with Crippen LogP contribution >= 0.6 is 11.8 Å². The van der Waals surface area contributed by atoms with Crippen molar-refractivity contribution in [3.05, 3.63) is 65.9 Å². The first-order valence-corrected chi connectivity index (χ1v) is 11.5. The van der Waals surface area contributed by atoms with Gasteiger partial charge in [0.05, 0.1) is 11.8 Å². The highest BCUT2D eigenvalue weighted by Crippen LogP contribution is 2.30. The summed E-state index contributed by atoms with van der Waals surface area (Å²) >= 11 is 1.61. The van der Waals surface area contributed by atoms with Gasteiger partial charge in [0.1, 0.15) is 16.9 Å². The Hall–Kier alpha value is -2.99. The fourth-order valence-corrected chi connectivity index (χ4v) is 3.64. The third kappa shape index (κ3) is 5.62. The van der Waals surface area contributed by atoms with Crippen LogP contribution in [-0.2, 0) is 9.53 Å². The number of benzene rings is 2. The van der Waals surface area contributed by atoms with Gasteiger partial charge in [0.25, 0.3) is 0 Å². The van der Waals surface area contributed by atoms with Crippen LogP contribution in [0.25, 0.3) is 17.0 Å². The molecule has 32 heavy (non-hydrogen) atoms. The molecule has 3 rings (SSSR count). The number of esters is 1. The monoisotopic (exact) mass is 452 g/mol. The number of hydrogen-bond acceptors (Lipinski definition) is 6. The number of thioether (sulfide) groups is 1. The number of carbonyl (C=O) groups is 2. The largest absolute Gasteiger partial charge is 0.476 e. The summed E-state index contributed by atoms with van der Waals surface area (Å²) < 4.78 is 16.8. The van der Waals surface area contributed by atoms with Gasteiger partial charge < -0.3 is 13.9 Å². The first-order chi connectivity index (χ1) is 15.0. The van der Waals surface area contributed by atoms with Crippen LogP contribution in [0.1, 0.15) is 50.5 Å². The van der Waals surface area contributed by atoms with E-state index in [0.29, 0.717) is 16.9 Å². The van der Waals surface area contributed by atoms with Crippen LogP contribution in [0.15, 0.2) is 64.1 Å². The fourth-order valence-electron chi connectivity index (χ4n) is 3.05. The lowest BCUT2D eigenvalue weighted by Crippen LogP contribution is -2.43. The molecule has 0 saturated carbocycles. The van der Waals surface area contributed by atoms with Crippen molar-refractivity contribution in [2.45, 2.75) is 50.7 Å². The first-order valence-electron chi connectivity index (χ1n) is 10.3. The Kier molecular flexibility index (Phi) is 6.84. The molecule has 0 spiro atoms. The van der Waals surface area contributed by atoms with Gasteiger partial charge in [-0.3, -0.25) is 4.79 Å². The molecule has 3 aromatic rings. The summed E-state index contributed by atoms with van der Waals surface area (Å²) in [6, 6.07) is 12.8. The van der Waals surface area contributed by atoms with E-state index in [1.165, 1.54) is 6.08 Å². The summed E-state index contributed by atoms with van der Waals surface area (Å²) in [5.74, 6) is -0.0328. The van der Waals surface area contributed by atoms with E-state index in [1.807, 2.05) is 51.3 Å². The van der Waals surface area contributed by atoms with Gasteiger partial charge in [-0.25, -0.2) is 4.79 Å². The van der Waals surface area contributed by atoms with Crippen molar-refractivity contribution in [3.8, 4) is 5.75 Å². The second-order valence-electron chi connectivity index (χ2n) is 8.86. The van der Waals surface area contributed by atoms with E-state index in [-0.39, 0.29) is 5.78 Å². The zero-order valence-electron chi connectivity index (χ0n) is 19.2. The number of rotatable bonds is 7. The molecule has 0 bridgehead atoms. The smallest absolute Gasteiger partial charge is 0.350 e. The minimum absolute atomic E-state index is 0.135. The summed E-state index contributed by atoms with van der Waals surface area (Å²) in [6.07, 6.45) is 6.85. The van der Waals surface area contributed by atoms with Gasteiger partial charge in [-0.05, 0) is 82.8 Å². The number of fused-ring (bicyclic) bond motifs is 1. The van der Waals surface area contributed by atoms with E-state index >= 15 is 0 Å². The highest BCUT2D eigenvalue weighted by atomic mass is 32.2. The van der Waals surface area contributed by atoms with Crippen LogP contribution in [0.5, 0.6) is 5.75 Å². The molecule has 0 atom stereocenters. The van der Waals surface area contributed by atoms with Crippen molar-refractivity contribution >= 4 is 40.6 Å². The number of hydrogen-bond donors (Lipinski definition) is 0. The van der Waals surface area contributed by atoms with Crippen LogP contribution in [0.3, 0.4) is 0 Å². The van der Waals surface area contributed by atoms with Crippen LogP contribution in [0.2, 0.25) is 0 Å². The van der Waals surface area contributed by atoms with Crippen molar-refractivity contribution < 1.29 is 23.5 Å². The number of ketones is 1. The number of carbonyl (C=O) groups excluding carboxylic acids is 2. The number of ether oxygens (including phenoxy) is 2. The molecule has 0 aliphatic heterocycles. The molecule has 6 heteroatoms. The highest BCUT2D eigenvalue weighted by molar-refractivity contribution is 7.98. The lowest BCUT2D eigenvalue weighted by molar-refractivity contribution is -0.170. The normalized spacial score (nSPS) is 12.3. The van der Waals surface area contributed by atoms with Gasteiger partial charge >= 0.3 is 5.97 Å². The maximum absolute atomic E-state index is 12.7. The lowest BCUT2D eigenvalue weighted by Gasteiger charge is -2.29. The van der Waals surface area contributed by atoms with E-state index in [0.717, 1.165) is 15.8 Å². The van der Waals surface area contributed by atoms with Gasteiger partial charge in [-0.1, -0.05) is 18.2 Å². The zero-order valence-corrected chi connectivity index (χ0v) is 20.0. The Labute approximate surface area is 192 Å². The number of allylic oxidation sites excluding steroid dienone is 1. The van der Waals surface area contributed by atoms with E-state index < -0.39 is 17.2 Å². The second-order valence-corrected chi connectivity index (χ2v) is 9.71. The topological polar surface area (TPSA) is 65.7 Å². The minimum Gasteiger partial charge on any atom is -0.476 e. The molecule has 1 aromatic heterocycles. The van der Waals surface area contributed by atoms with Crippen LogP contribution in [0.4, 0.5) is 0 Å². The average molecular weight is 453 g/mol. The van der Waals surface area contributed by atoms with Gasteiger partial charge in [0, 0.05) is 10.3 Å². The maximum Gasteiger partial charge on any atom is 0.350 e. The summed E-state index contributed by atoms with van der Waals surface area (Å²) in [7, 11) is 0. The molecule has 1 heterocycles. The molecule has 0 fully saturated rings. The standard InChI is InChI=1S/C26H28O5S/c1-25(2,3)31-24(28)26(4,5)30-18-10-7-17(8-11-18)9-13-21(27)19-12-14-22(32-6)20-15-16-29-23(19)20/h7-16H,1-6H3. The molecule has 0 aliphatic rings. The van der Waals surface area contributed by atoms with Gasteiger partial charge in [0.15, 0.2) is 11.4 Å². The lowest BCUT2D eigenvalue weighted by atomic mass is 10.1. The van der Waals surface area contributed by atoms with Crippen molar-refractivity contribution in [2.24, 2.45) is 0 Å². The minimum atomic E-state index is -1.13. The molecule has 0 radical (unpaired) electrons. The van der Waals surface area contributed by atoms with Gasteiger partial charge in [0.2, 0.25) is 0 Å². The predicted molar refractivity (Wildman–Crippen MR) is 128 cm³/mol. The number of furan rings is 1. The third-order valence-corrected chi connectivity index (χ3v) is 5.43. The van der Waals surface area contributed by atoms with Crippen molar-refractivity contribution in [1.29, 1.82) is 0 Å². The molecule has 0 aliphatic carbocycles. The quantitative estimate of drug-likeness (QED) is 0.175. The zero-order chi connectivity index (χ0) is 23.5. The van der Waals surface area contributed by atoms with Crippen molar-refractivity contribution in [2.75, 3.05) is 6.26 Å². The Morgan fingerprint density at radius 3 is 2.28 bits per heavy atom. The van der Waals surface area contributed by atoms with E-state index in [9.17, 15) is 9.59 Å². The SMILES string of the molecule is CSc1ccc(C(=O)C=Cc2ccc(OC(C)(C)C(=O)OC(C)(C)C)cc2)c2occc12. The molecule has 0 amide bonds. The molecule has 0 saturated heterocycles. The van der Waals surface area contributed by atoms with Crippen LogP contribution in [-0.4, -0.2) is 29.2 Å². The Bertz CT molecular complexity index is 1150. The van der Waals surface area contributed by atoms with Crippen LogP contribution in [0, 0.1) is 0 Å². The molecule has 5 nitrogen and oxygen atoms in total. The Balaban J connectivity index is 1.70.